The van der Waals surface area contributed by atoms with Crippen LogP contribution in [0.15, 0.2) is 18.2 Å². The fourth-order valence-corrected chi connectivity index (χ4v) is 3.44. The molecule has 142 valence electrons. The molecule has 1 saturated heterocycles. The molecule has 1 aromatic carbocycles. The molecule has 8 nitrogen and oxygen atoms in total. The van der Waals surface area contributed by atoms with Crippen LogP contribution in [0.3, 0.4) is 0 Å². The van der Waals surface area contributed by atoms with Crippen LogP contribution < -0.4 is 0 Å². The number of carbonyl (C=O) groups excluding carboxylic acids is 1. The van der Waals surface area contributed by atoms with E-state index in [2.05, 4.69) is 47.6 Å². The first-order chi connectivity index (χ1) is 13.0. The Morgan fingerprint density at radius 1 is 1.26 bits per heavy atom. The van der Waals surface area contributed by atoms with Crippen LogP contribution in [0.1, 0.15) is 23.6 Å². The van der Waals surface area contributed by atoms with Crippen molar-refractivity contribution in [2.24, 2.45) is 0 Å². The molecule has 0 aliphatic carbocycles. The second-order valence-electron chi connectivity index (χ2n) is 7.05. The zero-order chi connectivity index (χ0) is 19.0. The summed E-state index contributed by atoms with van der Waals surface area (Å²) in [5.41, 5.74) is 4.92. The number of benzene rings is 1. The Morgan fingerprint density at radius 3 is 2.81 bits per heavy atom. The number of amides is 1. The number of tetrazole rings is 1. The zero-order valence-electron chi connectivity index (χ0n) is 15.8. The minimum absolute atomic E-state index is 0.0185. The molecule has 0 radical (unpaired) electrons. The molecule has 1 atom stereocenters. The van der Waals surface area contributed by atoms with Crippen molar-refractivity contribution >= 4 is 22.5 Å². The molecule has 0 spiro atoms. The summed E-state index contributed by atoms with van der Waals surface area (Å²) in [4.78, 5) is 14.0. The number of nitrogens with zero attached hydrogens (tertiary/aromatic N) is 5. The highest BCUT2D eigenvalue weighted by molar-refractivity contribution is 5.84. The van der Waals surface area contributed by atoms with E-state index >= 15 is 0 Å². The van der Waals surface area contributed by atoms with Crippen LogP contribution in [0, 0.1) is 13.8 Å². The first kappa shape index (κ1) is 17.8. The van der Waals surface area contributed by atoms with E-state index in [4.69, 9.17) is 9.47 Å². The van der Waals surface area contributed by atoms with Gasteiger partial charge in [0, 0.05) is 31.0 Å². The van der Waals surface area contributed by atoms with Crippen molar-refractivity contribution in [2.75, 3.05) is 26.4 Å². The largest absolute Gasteiger partial charge is 0.376 e. The number of ether oxygens (including phenoxy) is 2. The van der Waals surface area contributed by atoms with Gasteiger partial charge in [-0.15, -0.1) is 5.10 Å². The molecular weight excluding hydrogens is 346 g/mol. The van der Waals surface area contributed by atoms with E-state index in [-0.39, 0.29) is 12.0 Å². The lowest BCUT2D eigenvalue weighted by molar-refractivity contribution is -0.136. The van der Waals surface area contributed by atoms with Crippen LogP contribution >= 0.6 is 0 Å². The van der Waals surface area contributed by atoms with Crippen molar-refractivity contribution in [1.29, 1.82) is 0 Å². The van der Waals surface area contributed by atoms with Gasteiger partial charge in [-0.05, 0) is 53.6 Å². The lowest BCUT2D eigenvalue weighted by Gasteiger charge is -2.29. The first-order valence-electron chi connectivity index (χ1n) is 9.08. The molecule has 3 aromatic rings. The quantitative estimate of drug-likeness (QED) is 0.696. The van der Waals surface area contributed by atoms with Crippen LogP contribution in [0.4, 0.5) is 0 Å². The summed E-state index contributed by atoms with van der Waals surface area (Å²) in [7, 11) is 0. The summed E-state index contributed by atoms with van der Waals surface area (Å²) in [6.07, 6.45) is -0.111. The second kappa shape index (κ2) is 7.21. The van der Waals surface area contributed by atoms with Crippen molar-refractivity contribution in [3.8, 4) is 0 Å². The maximum atomic E-state index is 12.2. The van der Waals surface area contributed by atoms with E-state index in [9.17, 15) is 4.79 Å². The Morgan fingerprint density at radius 2 is 2.07 bits per heavy atom. The van der Waals surface area contributed by atoms with Gasteiger partial charge in [0.15, 0.2) is 5.65 Å². The molecule has 0 saturated carbocycles. The smallest absolute Gasteiger partial charge is 0.219 e. The molecule has 1 fully saturated rings. The topological polar surface area (TPSA) is 81.9 Å². The number of carbonyl (C=O) groups is 1. The van der Waals surface area contributed by atoms with Gasteiger partial charge in [0.1, 0.15) is 0 Å². The average molecular weight is 369 g/mol. The van der Waals surface area contributed by atoms with Crippen LogP contribution in [0.2, 0.25) is 0 Å². The zero-order valence-corrected chi connectivity index (χ0v) is 15.8. The van der Waals surface area contributed by atoms with E-state index in [1.54, 1.807) is 16.3 Å². The molecule has 1 aliphatic heterocycles. The summed E-state index contributed by atoms with van der Waals surface area (Å²) < 4.78 is 12.9. The third-order valence-corrected chi connectivity index (χ3v) is 5.07. The Balaban J connectivity index is 1.71. The normalized spacial score (nSPS) is 17.5. The molecule has 1 aliphatic rings. The second-order valence-corrected chi connectivity index (χ2v) is 7.05. The molecule has 2 aromatic heterocycles. The van der Waals surface area contributed by atoms with Crippen LogP contribution in [-0.4, -0.2) is 63.3 Å². The monoisotopic (exact) mass is 369 g/mol. The van der Waals surface area contributed by atoms with Crippen molar-refractivity contribution in [2.45, 2.75) is 33.4 Å². The predicted molar refractivity (Wildman–Crippen MR) is 99.4 cm³/mol. The summed E-state index contributed by atoms with van der Waals surface area (Å²) in [6.45, 7) is 8.29. The molecule has 0 N–H and O–H groups in total. The Hall–Kier alpha value is -2.58. The predicted octanol–water partition coefficient (Wildman–Crippen LogP) is 1.66. The maximum absolute atomic E-state index is 12.2. The van der Waals surface area contributed by atoms with E-state index in [0.717, 1.165) is 16.5 Å². The van der Waals surface area contributed by atoms with Gasteiger partial charge in [0.2, 0.25) is 5.91 Å². The van der Waals surface area contributed by atoms with E-state index in [1.807, 2.05) is 0 Å². The average Bonchev–Trinajstić information content (AvgIpc) is 3.14. The fraction of sp³-hybridized carbons (Fsp3) is 0.474. The van der Waals surface area contributed by atoms with Crippen molar-refractivity contribution < 1.29 is 14.3 Å². The molecule has 4 rings (SSSR count). The van der Waals surface area contributed by atoms with E-state index in [0.29, 0.717) is 38.6 Å². The summed E-state index contributed by atoms with van der Waals surface area (Å²) in [6, 6.07) is 6.29. The minimum Gasteiger partial charge on any atom is -0.376 e. The molecule has 27 heavy (non-hydrogen) atoms. The van der Waals surface area contributed by atoms with Gasteiger partial charge < -0.3 is 14.4 Å². The molecule has 0 bridgehead atoms. The Labute approximate surface area is 157 Å². The highest BCUT2D eigenvalue weighted by Gasteiger charge is 2.22. The Bertz CT molecular complexity index is 994. The standard InChI is InChI=1S/C19H23N5O3/c1-12-6-15-8-16(19-20-21-22-24(19)18(15)7-13(12)2)9-23(14(3)25)10-17-11-26-4-5-27-17/h6-8,17H,4-5,9-11H2,1-3H3/t17-/m0/s1. The fourth-order valence-electron chi connectivity index (χ4n) is 3.44. The van der Waals surface area contributed by atoms with Crippen LogP contribution in [0.5, 0.6) is 0 Å². The van der Waals surface area contributed by atoms with Crippen LogP contribution in [0.25, 0.3) is 16.6 Å². The number of hydrogen-bond donors (Lipinski definition) is 0. The number of aryl methyl sites for hydroxylation is 2. The number of aromatic nitrogens is 4. The molecule has 1 amide bonds. The number of fused-ring (bicyclic) bond motifs is 3. The molecule has 0 unspecified atom stereocenters. The van der Waals surface area contributed by atoms with Crippen molar-refractivity contribution in [3.63, 3.8) is 0 Å². The third kappa shape index (κ3) is 3.50. The van der Waals surface area contributed by atoms with E-state index < -0.39 is 0 Å². The lowest BCUT2D eigenvalue weighted by Crippen LogP contribution is -2.41. The van der Waals surface area contributed by atoms with Gasteiger partial charge in [-0.25, -0.2) is 0 Å². The molecular formula is C19H23N5O3. The van der Waals surface area contributed by atoms with Gasteiger partial charge in [0.25, 0.3) is 0 Å². The third-order valence-electron chi connectivity index (χ3n) is 5.07. The highest BCUT2D eigenvalue weighted by atomic mass is 16.6. The lowest BCUT2D eigenvalue weighted by atomic mass is 10.0. The number of hydrogen-bond acceptors (Lipinski definition) is 6. The summed E-state index contributed by atoms with van der Waals surface area (Å²) in [5.74, 6) is -0.0185. The number of pyridine rings is 1. The van der Waals surface area contributed by atoms with Gasteiger partial charge in [-0.2, -0.15) is 4.52 Å². The van der Waals surface area contributed by atoms with Gasteiger partial charge >= 0.3 is 0 Å². The maximum Gasteiger partial charge on any atom is 0.219 e. The van der Waals surface area contributed by atoms with E-state index in [1.165, 1.54) is 11.1 Å². The van der Waals surface area contributed by atoms with Gasteiger partial charge in [0.05, 0.1) is 31.4 Å². The van der Waals surface area contributed by atoms with Crippen LogP contribution in [-0.2, 0) is 20.8 Å². The first-order valence-corrected chi connectivity index (χ1v) is 9.08. The van der Waals surface area contributed by atoms with Gasteiger partial charge in [-0.3, -0.25) is 4.79 Å². The number of rotatable bonds is 4. The minimum atomic E-state index is -0.111. The molecule has 8 heteroatoms. The SMILES string of the molecule is CC(=O)N(Cc1cc2cc(C)c(C)cc2n2nnnc12)C[C@H]1COCCO1. The van der Waals surface area contributed by atoms with Crippen molar-refractivity contribution in [3.05, 3.63) is 34.9 Å². The van der Waals surface area contributed by atoms with Gasteiger partial charge in [-0.1, -0.05) is 0 Å². The highest BCUT2D eigenvalue weighted by Crippen LogP contribution is 2.24. The Kier molecular flexibility index (Phi) is 4.75. The summed E-state index contributed by atoms with van der Waals surface area (Å²) in [5, 5.41) is 13.2. The molecule has 3 heterocycles. The van der Waals surface area contributed by atoms with Crippen molar-refractivity contribution in [1.82, 2.24) is 24.9 Å². The summed E-state index contributed by atoms with van der Waals surface area (Å²) >= 11 is 0.